The summed E-state index contributed by atoms with van der Waals surface area (Å²) in [7, 11) is -1.60. The number of hydrogen-bond acceptors (Lipinski definition) is 1. The van der Waals surface area contributed by atoms with Crippen LogP contribution in [-0.2, 0) is 4.43 Å². The molecule has 0 amide bonds. The van der Waals surface area contributed by atoms with Crippen LogP contribution in [0.25, 0.3) is 0 Å². The molecule has 0 aromatic carbocycles. The van der Waals surface area contributed by atoms with Gasteiger partial charge in [-0.15, -0.1) is 0 Å². The fraction of sp³-hybridized carbons (Fsp3) is 0.667. The minimum absolute atomic E-state index is 0.296. The van der Waals surface area contributed by atoms with E-state index in [1.54, 1.807) is 0 Å². The molecule has 0 radical (unpaired) electrons. The van der Waals surface area contributed by atoms with Crippen molar-refractivity contribution in [3.63, 3.8) is 0 Å². The first-order chi connectivity index (χ1) is 6.22. The molecule has 0 bridgehead atoms. The minimum Gasteiger partial charge on any atom is -0.546 e. The summed E-state index contributed by atoms with van der Waals surface area (Å²) in [5.41, 5.74) is 1.33. The normalized spacial score (nSPS) is 17.9. The quantitative estimate of drug-likeness (QED) is 0.619. The molecule has 0 aliphatic heterocycles. The van der Waals surface area contributed by atoms with Crippen LogP contribution in [-0.4, -0.2) is 8.32 Å². The molecule has 1 rings (SSSR count). The van der Waals surface area contributed by atoms with Gasteiger partial charge in [-0.25, -0.2) is 0 Å². The standard InChI is InChI=1S/C12H22OSi/c1-10-7-8-11(9-10)13-14(5,6)12(2,3)4/h7,9H,8H2,1-6H3. The van der Waals surface area contributed by atoms with Gasteiger partial charge in [-0.3, -0.25) is 0 Å². The Labute approximate surface area is 89.0 Å². The predicted molar refractivity (Wildman–Crippen MR) is 64.7 cm³/mol. The van der Waals surface area contributed by atoms with Crippen molar-refractivity contribution in [2.24, 2.45) is 0 Å². The van der Waals surface area contributed by atoms with Crippen LogP contribution in [0.1, 0.15) is 34.1 Å². The summed E-state index contributed by atoms with van der Waals surface area (Å²) in [5, 5.41) is 0.296. The van der Waals surface area contributed by atoms with Crippen LogP contribution in [0.15, 0.2) is 23.5 Å². The minimum atomic E-state index is -1.60. The van der Waals surface area contributed by atoms with E-state index in [0.717, 1.165) is 12.2 Å². The second-order valence-electron chi connectivity index (χ2n) is 5.63. The second-order valence-corrected chi connectivity index (χ2v) is 10.4. The van der Waals surface area contributed by atoms with Crippen LogP contribution in [0, 0.1) is 0 Å². The van der Waals surface area contributed by atoms with Gasteiger partial charge in [0.25, 0.3) is 0 Å². The smallest absolute Gasteiger partial charge is 0.250 e. The van der Waals surface area contributed by atoms with Gasteiger partial charge in [-0.1, -0.05) is 32.4 Å². The van der Waals surface area contributed by atoms with Crippen molar-refractivity contribution in [2.75, 3.05) is 0 Å². The Morgan fingerprint density at radius 2 is 1.86 bits per heavy atom. The monoisotopic (exact) mass is 210 g/mol. The largest absolute Gasteiger partial charge is 0.546 e. The molecule has 0 N–H and O–H groups in total. The Morgan fingerprint density at radius 3 is 2.21 bits per heavy atom. The number of allylic oxidation sites excluding steroid dienone is 3. The van der Waals surface area contributed by atoms with E-state index in [-0.39, 0.29) is 0 Å². The van der Waals surface area contributed by atoms with Gasteiger partial charge in [0.05, 0.1) is 5.76 Å². The topological polar surface area (TPSA) is 9.23 Å². The number of rotatable bonds is 2. The average molecular weight is 210 g/mol. The highest BCUT2D eigenvalue weighted by molar-refractivity contribution is 6.74. The van der Waals surface area contributed by atoms with E-state index in [9.17, 15) is 0 Å². The van der Waals surface area contributed by atoms with Gasteiger partial charge in [0, 0.05) is 6.42 Å². The molecule has 0 heterocycles. The molecule has 0 saturated carbocycles. The first kappa shape index (κ1) is 11.6. The summed E-state index contributed by atoms with van der Waals surface area (Å²) in [5.74, 6) is 1.16. The lowest BCUT2D eigenvalue weighted by Crippen LogP contribution is -2.40. The van der Waals surface area contributed by atoms with Gasteiger partial charge < -0.3 is 4.43 Å². The second kappa shape index (κ2) is 3.57. The molecule has 0 aromatic heterocycles. The lowest BCUT2D eigenvalue weighted by Gasteiger charge is -2.36. The highest BCUT2D eigenvalue weighted by atomic mass is 28.4. The summed E-state index contributed by atoms with van der Waals surface area (Å²) < 4.78 is 6.18. The van der Waals surface area contributed by atoms with Crippen molar-refractivity contribution >= 4 is 8.32 Å². The Bertz CT molecular complexity index is 279. The third-order valence-electron chi connectivity index (χ3n) is 3.21. The van der Waals surface area contributed by atoms with Crippen LogP contribution in [0.2, 0.25) is 18.1 Å². The third-order valence-corrected chi connectivity index (χ3v) is 7.59. The Hall–Kier alpha value is -0.503. The molecular weight excluding hydrogens is 188 g/mol. The zero-order valence-electron chi connectivity index (χ0n) is 10.3. The van der Waals surface area contributed by atoms with Gasteiger partial charge >= 0.3 is 0 Å². The molecule has 0 aromatic rings. The summed E-state index contributed by atoms with van der Waals surface area (Å²) in [6.45, 7) is 13.5. The molecule has 1 aliphatic carbocycles. The van der Waals surface area contributed by atoms with E-state index >= 15 is 0 Å². The average Bonchev–Trinajstić information content (AvgIpc) is 2.31. The summed E-state index contributed by atoms with van der Waals surface area (Å²) >= 11 is 0. The van der Waals surface area contributed by atoms with Crippen LogP contribution < -0.4 is 0 Å². The number of hydrogen-bond donors (Lipinski definition) is 0. The van der Waals surface area contributed by atoms with E-state index < -0.39 is 8.32 Å². The van der Waals surface area contributed by atoms with Crippen LogP contribution in [0.5, 0.6) is 0 Å². The zero-order valence-corrected chi connectivity index (χ0v) is 11.3. The van der Waals surface area contributed by atoms with E-state index in [0.29, 0.717) is 5.04 Å². The first-order valence-electron chi connectivity index (χ1n) is 5.29. The summed E-state index contributed by atoms with van der Waals surface area (Å²) in [6.07, 6.45) is 5.38. The van der Waals surface area contributed by atoms with Crippen molar-refractivity contribution in [2.45, 2.75) is 52.2 Å². The van der Waals surface area contributed by atoms with Gasteiger partial charge in [-0.2, -0.15) is 0 Å². The van der Waals surface area contributed by atoms with Crippen LogP contribution >= 0.6 is 0 Å². The predicted octanol–water partition coefficient (Wildman–Crippen LogP) is 4.24. The van der Waals surface area contributed by atoms with Gasteiger partial charge in [0.1, 0.15) is 0 Å². The lowest BCUT2D eigenvalue weighted by molar-refractivity contribution is 0.379. The van der Waals surface area contributed by atoms with Gasteiger partial charge in [0.2, 0.25) is 8.32 Å². The van der Waals surface area contributed by atoms with Crippen LogP contribution in [0.4, 0.5) is 0 Å². The molecule has 1 nitrogen and oxygen atoms in total. The molecule has 2 heteroatoms. The molecule has 0 unspecified atom stereocenters. The third kappa shape index (κ3) is 2.50. The Kier molecular flexibility index (Phi) is 2.95. The highest BCUT2D eigenvalue weighted by Crippen LogP contribution is 2.39. The molecule has 14 heavy (non-hydrogen) atoms. The fourth-order valence-corrected chi connectivity index (χ4v) is 2.29. The maximum absolute atomic E-state index is 6.18. The van der Waals surface area contributed by atoms with E-state index in [4.69, 9.17) is 4.43 Å². The molecular formula is C12H22OSi. The van der Waals surface area contributed by atoms with Gasteiger partial charge in [0.15, 0.2) is 0 Å². The molecule has 0 atom stereocenters. The Morgan fingerprint density at radius 1 is 1.29 bits per heavy atom. The summed E-state index contributed by atoms with van der Waals surface area (Å²) in [4.78, 5) is 0. The lowest BCUT2D eigenvalue weighted by atomic mass is 10.2. The summed E-state index contributed by atoms with van der Waals surface area (Å²) in [6, 6.07) is 0. The fourth-order valence-electron chi connectivity index (χ4n) is 1.19. The van der Waals surface area contributed by atoms with Crippen molar-refractivity contribution < 1.29 is 4.43 Å². The maximum Gasteiger partial charge on any atom is 0.250 e. The van der Waals surface area contributed by atoms with Crippen molar-refractivity contribution in [3.05, 3.63) is 23.5 Å². The van der Waals surface area contributed by atoms with Gasteiger partial charge in [-0.05, 0) is 31.1 Å². The first-order valence-corrected chi connectivity index (χ1v) is 8.19. The molecule has 0 fully saturated rings. The molecule has 80 valence electrons. The van der Waals surface area contributed by atoms with E-state index in [2.05, 4.69) is 52.9 Å². The zero-order chi connectivity index (χ0) is 11.0. The van der Waals surface area contributed by atoms with E-state index in [1.165, 1.54) is 5.57 Å². The van der Waals surface area contributed by atoms with Crippen molar-refractivity contribution in [3.8, 4) is 0 Å². The highest BCUT2D eigenvalue weighted by Gasteiger charge is 2.39. The van der Waals surface area contributed by atoms with Crippen LogP contribution in [0.3, 0.4) is 0 Å². The van der Waals surface area contributed by atoms with Crippen molar-refractivity contribution in [1.82, 2.24) is 0 Å². The maximum atomic E-state index is 6.18. The van der Waals surface area contributed by atoms with Crippen molar-refractivity contribution in [1.29, 1.82) is 0 Å². The Balaban J connectivity index is 2.66. The molecule has 0 saturated heterocycles. The molecule has 0 spiro atoms. The van der Waals surface area contributed by atoms with E-state index in [1.807, 2.05) is 0 Å². The molecule has 1 aliphatic rings. The SMILES string of the molecule is CC1=CCC(O[Si](C)(C)C(C)(C)C)=C1.